The van der Waals surface area contributed by atoms with Gasteiger partial charge in [0.15, 0.2) is 0 Å². The maximum absolute atomic E-state index is 12.0. The van der Waals surface area contributed by atoms with E-state index in [1.54, 1.807) is 25.3 Å². The van der Waals surface area contributed by atoms with Crippen LogP contribution in [0.1, 0.15) is 5.56 Å². The second kappa shape index (κ2) is 6.43. The van der Waals surface area contributed by atoms with Crippen molar-refractivity contribution in [1.82, 2.24) is 0 Å². The van der Waals surface area contributed by atoms with Crippen molar-refractivity contribution in [3.05, 3.63) is 52.5 Å². The van der Waals surface area contributed by atoms with E-state index in [9.17, 15) is 4.79 Å². The number of rotatable bonds is 4. The first kappa shape index (κ1) is 14.4. The van der Waals surface area contributed by atoms with Gasteiger partial charge >= 0.3 is 0 Å². The van der Waals surface area contributed by atoms with Gasteiger partial charge in [-0.3, -0.25) is 4.79 Å². The van der Waals surface area contributed by atoms with Crippen LogP contribution in [0.4, 0.5) is 11.4 Å². The molecule has 0 aliphatic rings. The molecule has 2 aromatic carbocycles. The molecule has 0 saturated carbocycles. The van der Waals surface area contributed by atoms with Gasteiger partial charge in [0.05, 0.1) is 19.2 Å². The van der Waals surface area contributed by atoms with Crippen molar-refractivity contribution in [2.75, 3.05) is 18.2 Å². The Morgan fingerprint density at radius 1 is 1.25 bits per heavy atom. The lowest BCUT2D eigenvalue weighted by Gasteiger charge is -2.11. The predicted molar refractivity (Wildman–Crippen MR) is 83.9 cm³/mol. The molecule has 0 aromatic heterocycles. The first-order valence-electron chi connectivity index (χ1n) is 6.06. The van der Waals surface area contributed by atoms with E-state index < -0.39 is 0 Å². The smallest absolute Gasteiger partial charge is 0.228 e. The number of benzene rings is 2. The Kier molecular flexibility index (Phi) is 4.63. The number of halogens is 1. The Morgan fingerprint density at radius 3 is 2.60 bits per heavy atom. The van der Waals surface area contributed by atoms with Crippen LogP contribution in [0.3, 0.4) is 0 Å². The van der Waals surface area contributed by atoms with Crippen LogP contribution in [-0.2, 0) is 11.2 Å². The molecule has 2 rings (SSSR count). The van der Waals surface area contributed by atoms with Gasteiger partial charge in [-0.15, -0.1) is 0 Å². The Hall–Kier alpha value is -2.01. The molecular weight excluding hydrogens is 320 g/mol. The highest BCUT2D eigenvalue weighted by Crippen LogP contribution is 2.26. The zero-order valence-corrected chi connectivity index (χ0v) is 12.6. The highest BCUT2D eigenvalue weighted by molar-refractivity contribution is 9.10. The number of amides is 1. The molecule has 2 aromatic rings. The summed E-state index contributed by atoms with van der Waals surface area (Å²) in [4.78, 5) is 12.0. The quantitative estimate of drug-likeness (QED) is 0.843. The molecule has 0 aliphatic carbocycles. The minimum atomic E-state index is -0.115. The minimum Gasteiger partial charge on any atom is -0.495 e. The molecule has 0 atom stereocenters. The molecule has 5 heteroatoms. The number of anilines is 2. The number of nitrogen functional groups attached to an aromatic ring is 1. The third-order valence-corrected chi connectivity index (χ3v) is 3.30. The predicted octanol–water partition coefficient (Wildman–Crippen LogP) is 3.22. The summed E-state index contributed by atoms with van der Waals surface area (Å²) in [7, 11) is 1.55. The number of methoxy groups -OCH3 is 1. The molecule has 0 bridgehead atoms. The summed E-state index contributed by atoms with van der Waals surface area (Å²) in [5, 5.41) is 2.81. The van der Waals surface area contributed by atoms with Crippen LogP contribution in [0, 0.1) is 0 Å². The average Bonchev–Trinajstić information content (AvgIpc) is 2.41. The molecule has 0 fully saturated rings. The summed E-state index contributed by atoms with van der Waals surface area (Å²) in [5.74, 6) is 0.472. The SMILES string of the molecule is COc1ccc(N)cc1NC(=O)Cc1ccc(Br)cc1. The summed E-state index contributed by atoms with van der Waals surface area (Å²) >= 11 is 3.36. The van der Waals surface area contributed by atoms with E-state index in [0.717, 1.165) is 10.0 Å². The minimum absolute atomic E-state index is 0.115. The lowest BCUT2D eigenvalue weighted by molar-refractivity contribution is -0.115. The second-order valence-corrected chi connectivity index (χ2v) is 5.23. The molecule has 0 heterocycles. The van der Waals surface area contributed by atoms with E-state index in [1.807, 2.05) is 24.3 Å². The summed E-state index contributed by atoms with van der Waals surface area (Å²) in [6.07, 6.45) is 0.297. The molecule has 0 aliphatic heterocycles. The number of carbonyl (C=O) groups excluding carboxylic acids is 1. The van der Waals surface area contributed by atoms with Crippen molar-refractivity contribution in [1.29, 1.82) is 0 Å². The highest BCUT2D eigenvalue weighted by atomic mass is 79.9. The maximum atomic E-state index is 12.0. The highest BCUT2D eigenvalue weighted by Gasteiger charge is 2.08. The van der Waals surface area contributed by atoms with Crippen LogP contribution in [-0.4, -0.2) is 13.0 Å². The van der Waals surface area contributed by atoms with Gasteiger partial charge in [-0.05, 0) is 35.9 Å². The fraction of sp³-hybridized carbons (Fsp3) is 0.133. The molecule has 1 amide bonds. The van der Waals surface area contributed by atoms with Crippen molar-refractivity contribution in [2.24, 2.45) is 0 Å². The van der Waals surface area contributed by atoms with Crippen LogP contribution in [0.5, 0.6) is 5.75 Å². The van der Waals surface area contributed by atoms with E-state index in [-0.39, 0.29) is 5.91 Å². The Bertz CT molecular complexity index is 612. The van der Waals surface area contributed by atoms with E-state index in [0.29, 0.717) is 23.5 Å². The first-order valence-corrected chi connectivity index (χ1v) is 6.85. The molecule has 20 heavy (non-hydrogen) atoms. The average molecular weight is 335 g/mol. The maximum Gasteiger partial charge on any atom is 0.228 e. The molecule has 0 radical (unpaired) electrons. The molecule has 0 spiro atoms. The van der Waals surface area contributed by atoms with Gasteiger partial charge in [0.1, 0.15) is 5.75 Å². The lowest BCUT2D eigenvalue weighted by Crippen LogP contribution is -2.15. The standard InChI is InChI=1S/C15H15BrN2O2/c1-20-14-7-6-12(17)9-13(14)18-15(19)8-10-2-4-11(16)5-3-10/h2-7,9H,8,17H2,1H3,(H,18,19). The fourth-order valence-corrected chi connectivity index (χ4v) is 2.07. The molecule has 104 valence electrons. The topological polar surface area (TPSA) is 64.3 Å². The number of ether oxygens (including phenoxy) is 1. The van der Waals surface area contributed by atoms with E-state index >= 15 is 0 Å². The monoisotopic (exact) mass is 334 g/mol. The molecular formula is C15H15BrN2O2. The first-order chi connectivity index (χ1) is 9.58. The number of nitrogens with two attached hydrogens (primary N) is 1. The third kappa shape index (κ3) is 3.74. The van der Waals surface area contributed by atoms with Gasteiger partial charge in [0.25, 0.3) is 0 Å². The van der Waals surface area contributed by atoms with Crippen molar-refractivity contribution in [3.63, 3.8) is 0 Å². The summed E-state index contributed by atoms with van der Waals surface area (Å²) in [5.41, 5.74) is 7.81. The van der Waals surface area contributed by atoms with Crippen molar-refractivity contribution in [3.8, 4) is 5.75 Å². The summed E-state index contributed by atoms with van der Waals surface area (Å²) < 4.78 is 6.18. The van der Waals surface area contributed by atoms with Crippen LogP contribution in [0.25, 0.3) is 0 Å². The van der Waals surface area contributed by atoms with Crippen LogP contribution >= 0.6 is 15.9 Å². The number of nitrogens with one attached hydrogen (secondary N) is 1. The van der Waals surface area contributed by atoms with Gasteiger partial charge in [-0.2, -0.15) is 0 Å². The van der Waals surface area contributed by atoms with Gasteiger partial charge in [0, 0.05) is 10.2 Å². The number of hydrogen-bond donors (Lipinski definition) is 2. The van der Waals surface area contributed by atoms with E-state index in [4.69, 9.17) is 10.5 Å². The lowest BCUT2D eigenvalue weighted by atomic mass is 10.1. The van der Waals surface area contributed by atoms with Crippen molar-refractivity contribution >= 4 is 33.2 Å². The molecule has 0 unspecified atom stereocenters. The van der Waals surface area contributed by atoms with Crippen molar-refractivity contribution < 1.29 is 9.53 Å². The second-order valence-electron chi connectivity index (χ2n) is 4.31. The fourth-order valence-electron chi connectivity index (χ4n) is 1.81. The van der Waals surface area contributed by atoms with E-state index in [2.05, 4.69) is 21.2 Å². The normalized spacial score (nSPS) is 10.1. The van der Waals surface area contributed by atoms with Gasteiger partial charge in [-0.25, -0.2) is 0 Å². The van der Waals surface area contributed by atoms with Crippen LogP contribution in [0.15, 0.2) is 46.9 Å². The number of carbonyl (C=O) groups is 1. The van der Waals surface area contributed by atoms with E-state index in [1.165, 1.54) is 0 Å². The number of hydrogen-bond acceptors (Lipinski definition) is 3. The summed E-state index contributed by atoms with van der Waals surface area (Å²) in [6.45, 7) is 0. The van der Waals surface area contributed by atoms with Gasteiger partial charge in [-0.1, -0.05) is 28.1 Å². The Labute approximate surface area is 126 Å². The van der Waals surface area contributed by atoms with Crippen molar-refractivity contribution in [2.45, 2.75) is 6.42 Å². The third-order valence-electron chi connectivity index (χ3n) is 2.78. The zero-order valence-electron chi connectivity index (χ0n) is 11.0. The zero-order chi connectivity index (χ0) is 14.5. The Morgan fingerprint density at radius 2 is 1.95 bits per heavy atom. The summed E-state index contributed by atoms with van der Waals surface area (Å²) in [6, 6.07) is 12.8. The molecule has 3 N–H and O–H groups in total. The molecule has 4 nitrogen and oxygen atoms in total. The van der Waals surface area contributed by atoms with Gasteiger partial charge < -0.3 is 15.8 Å². The Balaban J connectivity index is 2.08. The largest absolute Gasteiger partial charge is 0.495 e. The van der Waals surface area contributed by atoms with Crippen LogP contribution < -0.4 is 15.8 Å². The van der Waals surface area contributed by atoms with Crippen LogP contribution in [0.2, 0.25) is 0 Å². The van der Waals surface area contributed by atoms with Gasteiger partial charge in [0.2, 0.25) is 5.91 Å². The molecule has 0 saturated heterocycles.